The number of amides is 1. The topological polar surface area (TPSA) is 57.2 Å². The standard InChI is InChI=1S/C14H19ClN2O2/c15-12-5-3-11(4-6-12)8-16-9-13(18)10-17-7-1-2-14(17)19/h3-6,13,16,18H,1-2,7-10H2/p+1/t13-/m1/s1. The van der Waals surface area contributed by atoms with Crippen LogP contribution in [0.5, 0.6) is 0 Å². The number of aliphatic hydroxyl groups excluding tert-OH is 1. The molecule has 1 aliphatic heterocycles. The molecule has 19 heavy (non-hydrogen) atoms. The van der Waals surface area contributed by atoms with Crippen LogP contribution in [-0.4, -0.2) is 41.7 Å². The van der Waals surface area contributed by atoms with E-state index in [4.69, 9.17) is 11.6 Å². The fourth-order valence-electron chi connectivity index (χ4n) is 2.29. The van der Waals surface area contributed by atoms with Gasteiger partial charge in [0.1, 0.15) is 19.2 Å². The van der Waals surface area contributed by atoms with Crippen LogP contribution in [0.3, 0.4) is 0 Å². The van der Waals surface area contributed by atoms with Crippen molar-refractivity contribution in [2.45, 2.75) is 25.5 Å². The van der Waals surface area contributed by atoms with E-state index >= 15 is 0 Å². The van der Waals surface area contributed by atoms with Gasteiger partial charge in [0, 0.05) is 23.6 Å². The lowest BCUT2D eigenvalue weighted by atomic mass is 10.2. The Kier molecular flexibility index (Phi) is 5.19. The second-order valence-electron chi connectivity index (χ2n) is 4.95. The molecule has 0 aliphatic carbocycles. The van der Waals surface area contributed by atoms with E-state index in [9.17, 15) is 9.90 Å². The Balaban J connectivity index is 1.67. The fraction of sp³-hybridized carbons (Fsp3) is 0.500. The van der Waals surface area contributed by atoms with Crippen LogP contribution in [0.15, 0.2) is 24.3 Å². The molecule has 4 nitrogen and oxygen atoms in total. The van der Waals surface area contributed by atoms with E-state index < -0.39 is 6.10 Å². The largest absolute Gasteiger partial charge is 0.385 e. The SMILES string of the molecule is O=C1CCCN1C[C@H](O)C[NH2+]Cc1ccc(Cl)cc1. The third-order valence-electron chi connectivity index (χ3n) is 3.33. The van der Waals surface area contributed by atoms with Crippen LogP contribution in [0, 0.1) is 0 Å². The molecule has 104 valence electrons. The van der Waals surface area contributed by atoms with Crippen LogP contribution in [0.25, 0.3) is 0 Å². The van der Waals surface area contributed by atoms with Gasteiger partial charge in [-0.05, 0) is 18.6 Å². The molecular formula is C14H20ClN2O2+. The van der Waals surface area contributed by atoms with Gasteiger partial charge < -0.3 is 15.3 Å². The van der Waals surface area contributed by atoms with E-state index in [1.807, 2.05) is 24.3 Å². The molecule has 1 heterocycles. The van der Waals surface area contributed by atoms with Crippen molar-refractivity contribution in [2.24, 2.45) is 0 Å². The molecule has 0 radical (unpaired) electrons. The van der Waals surface area contributed by atoms with Gasteiger partial charge in [0.15, 0.2) is 0 Å². The van der Waals surface area contributed by atoms with Crippen molar-refractivity contribution in [2.75, 3.05) is 19.6 Å². The van der Waals surface area contributed by atoms with Gasteiger partial charge in [-0.2, -0.15) is 0 Å². The predicted molar refractivity (Wildman–Crippen MR) is 73.8 cm³/mol. The van der Waals surface area contributed by atoms with E-state index in [1.165, 1.54) is 5.56 Å². The molecule has 0 unspecified atom stereocenters. The fourth-order valence-corrected chi connectivity index (χ4v) is 2.41. The van der Waals surface area contributed by atoms with Crippen LogP contribution >= 0.6 is 11.6 Å². The van der Waals surface area contributed by atoms with Gasteiger partial charge in [-0.3, -0.25) is 4.79 Å². The number of benzene rings is 1. The molecule has 0 saturated carbocycles. The number of hydrogen-bond acceptors (Lipinski definition) is 2. The molecule has 1 amide bonds. The molecule has 1 saturated heterocycles. The average molecular weight is 284 g/mol. The number of quaternary nitrogens is 1. The molecule has 3 N–H and O–H groups in total. The number of likely N-dealkylation sites (tertiary alicyclic amines) is 1. The molecule has 1 fully saturated rings. The first-order valence-corrected chi connectivity index (χ1v) is 7.05. The number of hydrogen-bond donors (Lipinski definition) is 2. The lowest BCUT2D eigenvalue weighted by Crippen LogP contribution is -2.85. The molecular weight excluding hydrogens is 264 g/mol. The molecule has 1 aliphatic rings. The maximum atomic E-state index is 11.4. The van der Waals surface area contributed by atoms with Crippen LogP contribution in [0.2, 0.25) is 5.02 Å². The molecule has 1 atom stereocenters. The van der Waals surface area contributed by atoms with Crippen molar-refractivity contribution in [1.82, 2.24) is 4.90 Å². The van der Waals surface area contributed by atoms with Crippen molar-refractivity contribution < 1.29 is 15.2 Å². The van der Waals surface area contributed by atoms with E-state index in [0.717, 1.165) is 24.5 Å². The third kappa shape index (κ3) is 4.49. The number of rotatable bonds is 6. The highest BCUT2D eigenvalue weighted by atomic mass is 35.5. The summed E-state index contributed by atoms with van der Waals surface area (Å²) in [5, 5.41) is 12.7. The molecule has 1 aromatic carbocycles. The Morgan fingerprint density at radius 3 is 2.74 bits per heavy atom. The Morgan fingerprint density at radius 1 is 1.37 bits per heavy atom. The summed E-state index contributed by atoms with van der Waals surface area (Å²) in [5.74, 6) is 0.164. The predicted octanol–water partition coefficient (Wildman–Crippen LogP) is 0.387. The number of β-amino-alcohol motifs (C(OH)–C–C–N with tert-alkyl or cyclic N) is 1. The summed E-state index contributed by atoms with van der Waals surface area (Å²) in [6, 6.07) is 7.69. The van der Waals surface area contributed by atoms with Gasteiger partial charge in [0.05, 0.1) is 6.54 Å². The van der Waals surface area contributed by atoms with E-state index in [0.29, 0.717) is 19.5 Å². The summed E-state index contributed by atoms with van der Waals surface area (Å²) in [6.45, 7) is 2.65. The lowest BCUT2D eigenvalue weighted by molar-refractivity contribution is -0.676. The highest BCUT2D eigenvalue weighted by molar-refractivity contribution is 6.30. The summed E-state index contributed by atoms with van der Waals surface area (Å²) in [6.07, 6.45) is 1.08. The minimum atomic E-state index is -0.464. The van der Waals surface area contributed by atoms with Gasteiger partial charge >= 0.3 is 0 Å². The first kappa shape index (κ1) is 14.3. The molecule has 2 rings (SSSR count). The highest BCUT2D eigenvalue weighted by Gasteiger charge is 2.22. The number of nitrogens with two attached hydrogens (primary N) is 1. The zero-order valence-electron chi connectivity index (χ0n) is 10.9. The number of halogens is 1. The maximum absolute atomic E-state index is 11.4. The summed E-state index contributed by atoms with van der Waals surface area (Å²) in [5.41, 5.74) is 1.17. The minimum Gasteiger partial charge on any atom is -0.385 e. The Morgan fingerprint density at radius 2 is 2.11 bits per heavy atom. The van der Waals surface area contributed by atoms with E-state index in [-0.39, 0.29) is 5.91 Å². The molecule has 5 heteroatoms. The smallest absolute Gasteiger partial charge is 0.222 e. The first-order chi connectivity index (χ1) is 9.15. The third-order valence-corrected chi connectivity index (χ3v) is 3.59. The molecule has 1 aromatic rings. The summed E-state index contributed by atoms with van der Waals surface area (Å²) >= 11 is 5.82. The van der Waals surface area contributed by atoms with Gasteiger partial charge in [-0.25, -0.2) is 0 Å². The first-order valence-electron chi connectivity index (χ1n) is 6.67. The Hall–Kier alpha value is -1.10. The Labute approximate surface area is 118 Å². The van der Waals surface area contributed by atoms with Gasteiger partial charge in [0.2, 0.25) is 5.91 Å². The molecule has 0 aromatic heterocycles. The zero-order chi connectivity index (χ0) is 13.7. The van der Waals surface area contributed by atoms with Crippen molar-refractivity contribution in [1.29, 1.82) is 0 Å². The van der Waals surface area contributed by atoms with Crippen molar-refractivity contribution in [3.63, 3.8) is 0 Å². The number of carbonyl (C=O) groups excluding carboxylic acids is 1. The second kappa shape index (κ2) is 6.89. The average Bonchev–Trinajstić information content (AvgIpc) is 2.78. The van der Waals surface area contributed by atoms with Crippen LogP contribution in [0.4, 0.5) is 0 Å². The number of carbonyl (C=O) groups is 1. The molecule has 0 spiro atoms. The van der Waals surface area contributed by atoms with Gasteiger partial charge in [0.25, 0.3) is 0 Å². The van der Waals surface area contributed by atoms with Crippen molar-refractivity contribution in [3.05, 3.63) is 34.9 Å². The van der Waals surface area contributed by atoms with Crippen LogP contribution in [0.1, 0.15) is 18.4 Å². The quantitative estimate of drug-likeness (QED) is 0.793. The molecule has 0 bridgehead atoms. The van der Waals surface area contributed by atoms with Crippen LogP contribution < -0.4 is 5.32 Å². The maximum Gasteiger partial charge on any atom is 0.222 e. The van der Waals surface area contributed by atoms with Crippen LogP contribution in [-0.2, 0) is 11.3 Å². The summed E-state index contributed by atoms with van der Waals surface area (Å²) in [4.78, 5) is 13.2. The minimum absolute atomic E-state index is 0.164. The normalized spacial score (nSPS) is 16.9. The van der Waals surface area contributed by atoms with Crippen molar-refractivity contribution in [3.8, 4) is 0 Å². The number of nitrogens with zero attached hydrogens (tertiary/aromatic N) is 1. The van der Waals surface area contributed by atoms with Crippen molar-refractivity contribution >= 4 is 17.5 Å². The number of aliphatic hydroxyl groups is 1. The lowest BCUT2D eigenvalue weighted by Gasteiger charge is -2.18. The summed E-state index contributed by atoms with van der Waals surface area (Å²) < 4.78 is 0. The van der Waals surface area contributed by atoms with Gasteiger partial charge in [-0.15, -0.1) is 0 Å². The van der Waals surface area contributed by atoms with E-state index in [2.05, 4.69) is 5.32 Å². The highest BCUT2D eigenvalue weighted by Crippen LogP contribution is 2.09. The van der Waals surface area contributed by atoms with E-state index in [1.54, 1.807) is 4.90 Å². The summed E-state index contributed by atoms with van der Waals surface area (Å²) in [7, 11) is 0. The zero-order valence-corrected chi connectivity index (χ0v) is 11.6. The monoisotopic (exact) mass is 283 g/mol. The second-order valence-corrected chi connectivity index (χ2v) is 5.39. The Bertz CT molecular complexity index is 422. The van der Waals surface area contributed by atoms with Gasteiger partial charge in [-0.1, -0.05) is 23.7 Å².